The van der Waals surface area contributed by atoms with Crippen molar-refractivity contribution in [2.24, 2.45) is 0 Å². The monoisotopic (exact) mass is 170 g/mol. The van der Waals surface area contributed by atoms with E-state index < -0.39 is 0 Å². The third-order valence-corrected chi connectivity index (χ3v) is 2.77. The van der Waals surface area contributed by atoms with Crippen molar-refractivity contribution in [3.63, 3.8) is 0 Å². The molecular weight excluding hydrogens is 146 g/mol. The van der Waals surface area contributed by atoms with Gasteiger partial charge in [-0.05, 0) is 33.3 Å². The maximum atomic E-state index is 2.38. The summed E-state index contributed by atoms with van der Waals surface area (Å²) in [5.74, 6) is 0. The summed E-state index contributed by atoms with van der Waals surface area (Å²) in [4.78, 5) is 0. The highest BCUT2D eigenvalue weighted by atomic mass is 15.3. The number of hydrogen-bond donors (Lipinski definition) is 0. The number of allylic oxidation sites excluding steroid dienone is 1. The minimum atomic E-state index is 1.14. The van der Waals surface area contributed by atoms with E-state index in [-0.39, 0.29) is 0 Å². The second kappa shape index (κ2) is 6.24. The molecule has 0 unspecified atom stereocenters. The normalized spacial score (nSPS) is 12.7. The lowest BCUT2D eigenvalue weighted by molar-refractivity contribution is -0.874. The van der Waals surface area contributed by atoms with Crippen LogP contribution in [0.2, 0.25) is 0 Å². The molecule has 0 bridgehead atoms. The predicted octanol–water partition coefficient (Wildman–Crippen LogP) is 3.18. The summed E-state index contributed by atoms with van der Waals surface area (Å²) in [5, 5.41) is 0. The molecule has 0 saturated heterocycles. The molecule has 0 N–H and O–H groups in total. The highest BCUT2D eigenvalue weighted by molar-refractivity contribution is 4.73. The standard InChI is InChI=1S/C11H24N/c1-5-9-10-11-12(6-2,7-3)8-4/h10-11H,5-9H2,1-4H3/q+1. The summed E-state index contributed by atoms with van der Waals surface area (Å²) in [7, 11) is 0. The van der Waals surface area contributed by atoms with E-state index in [1.54, 1.807) is 0 Å². The maximum Gasteiger partial charge on any atom is 0.0917 e. The van der Waals surface area contributed by atoms with Crippen LogP contribution in [-0.4, -0.2) is 24.1 Å². The molecule has 0 radical (unpaired) electrons. The second-order valence-electron chi connectivity index (χ2n) is 3.34. The first-order valence-electron chi connectivity index (χ1n) is 5.28. The van der Waals surface area contributed by atoms with Gasteiger partial charge >= 0.3 is 0 Å². The van der Waals surface area contributed by atoms with Crippen molar-refractivity contribution in [3.05, 3.63) is 12.3 Å². The van der Waals surface area contributed by atoms with E-state index in [9.17, 15) is 0 Å². The zero-order valence-electron chi connectivity index (χ0n) is 9.14. The molecule has 0 aliphatic carbocycles. The van der Waals surface area contributed by atoms with Crippen molar-refractivity contribution in [2.75, 3.05) is 19.6 Å². The molecule has 0 aromatic rings. The number of rotatable bonds is 6. The van der Waals surface area contributed by atoms with Crippen LogP contribution in [0, 0.1) is 0 Å². The molecular formula is C11H24N+. The van der Waals surface area contributed by atoms with E-state index in [1.807, 2.05) is 0 Å². The lowest BCUT2D eigenvalue weighted by Gasteiger charge is -2.31. The Balaban J connectivity index is 4.09. The average Bonchev–Trinajstić information content (AvgIpc) is 2.14. The Labute approximate surface area is 77.7 Å². The van der Waals surface area contributed by atoms with E-state index in [4.69, 9.17) is 0 Å². The topological polar surface area (TPSA) is 0 Å². The second-order valence-corrected chi connectivity index (χ2v) is 3.34. The molecule has 0 fully saturated rings. The zero-order valence-corrected chi connectivity index (χ0v) is 9.14. The Morgan fingerprint density at radius 1 is 0.917 bits per heavy atom. The van der Waals surface area contributed by atoms with Crippen LogP contribution in [0.5, 0.6) is 0 Å². The molecule has 0 rings (SSSR count). The average molecular weight is 170 g/mol. The highest BCUT2D eigenvalue weighted by Crippen LogP contribution is 2.07. The van der Waals surface area contributed by atoms with Crippen molar-refractivity contribution in [1.82, 2.24) is 0 Å². The molecule has 0 amide bonds. The fraction of sp³-hybridized carbons (Fsp3) is 0.818. The van der Waals surface area contributed by atoms with Gasteiger partial charge in [0.05, 0.1) is 25.8 Å². The number of quaternary nitrogens is 1. The molecule has 0 spiro atoms. The smallest absolute Gasteiger partial charge is 0.0917 e. The molecule has 1 heteroatoms. The van der Waals surface area contributed by atoms with Crippen LogP contribution in [0.1, 0.15) is 40.5 Å². The van der Waals surface area contributed by atoms with Gasteiger partial charge in [-0.25, -0.2) is 0 Å². The summed E-state index contributed by atoms with van der Waals surface area (Å²) in [6.07, 6.45) is 7.19. The molecule has 0 aliphatic rings. The summed E-state index contributed by atoms with van der Waals surface area (Å²) >= 11 is 0. The third kappa shape index (κ3) is 3.40. The SMILES string of the molecule is CCCC=C[N+](CC)(CC)CC. The Bertz CT molecular complexity index is 115. The highest BCUT2D eigenvalue weighted by Gasteiger charge is 2.15. The van der Waals surface area contributed by atoms with Crippen molar-refractivity contribution in [1.29, 1.82) is 0 Å². The summed E-state index contributed by atoms with van der Waals surface area (Å²) < 4.78 is 1.14. The van der Waals surface area contributed by atoms with Crippen LogP contribution in [0.25, 0.3) is 0 Å². The molecule has 0 atom stereocenters. The van der Waals surface area contributed by atoms with Crippen LogP contribution >= 0.6 is 0 Å². The van der Waals surface area contributed by atoms with Gasteiger partial charge in [-0.15, -0.1) is 0 Å². The van der Waals surface area contributed by atoms with E-state index in [2.05, 4.69) is 40.0 Å². The Hall–Kier alpha value is -0.300. The van der Waals surface area contributed by atoms with Gasteiger partial charge in [-0.2, -0.15) is 0 Å². The van der Waals surface area contributed by atoms with Gasteiger partial charge in [-0.1, -0.05) is 13.3 Å². The quantitative estimate of drug-likeness (QED) is 0.537. The maximum absolute atomic E-state index is 2.38. The molecule has 0 heterocycles. The lowest BCUT2D eigenvalue weighted by Crippen LogP contribution is -2.41. The number of unbranched alkanes of at least 4 members (excludes halogenated alkanes) is 1. The van der Waals surface area contributed by atoms with E-state index in [0.717, 1.165) is 4.48 Å². The minimum Gasteiger partial charge on any atom is -0.298 e. The van der Waals surface area contributed by atoms with Crippen molar-refractivity contribution < 1.29 is 4.48 Å². The first-order chi connectivity index (χ1) is 5.74. The van der Waals surface area contributed by atoms with Gasteiger partial charge < -0.3 is 0 Å². The van der Waals surface area contributed by atoms with Crippen LogP contribution in [0.15, 0.2) is 12.3 Å². The molecule has 72 valence electrons. The minimum absolute atomic E-state index is 1.14. The molecule has 0 aliphatic heterocycles. The van der Waals surface area contributed by atoms with Crippen LogP contribution in [0.3, 0.4) is 0 Å². The number of nitrogens with zero attached hydrogens (tertiary/aromatic N) is 1. The van der Waals surface area contributed by atoms with E-state index in [0.29, 0.717) is 0 Å². The van der Waals surface area contributed by atoms with Crippen molar-refractivity contribution >= 4 is 0 Å². The van der Waals surface area contributed by atoms with Gasteiger partial charge in [0, 0.05) is 0 Å². The molecule has 12 heavy (non-hydrogen) atoms. The molecule has 0 saturated carbocycles. The van der Waals surface area contributed by atoms with E-state index in [1.165, 1.54) is 32.5 Å². The Kier molecular flexibility index (Phi) is 6.09. The van der Waals surface area contributed by atoms with Crippen molar-refractivity contribution in [2.45, 2.75) is 40.5 Å². The Morgan fingerprint density at radius 2 is 1.42 bits per heavy atom. The van der Waals surface area contributed by atoms with Gasteiger partial charge in [0.15, 0.2) is 0 Å². The summed E-state index contributed by atoms with van der Waals surface area (Å²) in [6.45, 7) is 12.7. The van der Waals surface area contributed by atoms with Crippen LogP contribution in [-0.2, 0) is 0 Å². The van der Waals surface area contributed by atoms with Gasteiger partial charge in [-0.3, -0.25) is 4.48 Å². The first-order valence-corrected chi connectivity index (χ1v) is 5.28. The molecule has 0 aromatic heterocycles. The van der Waals surface area contributed by atoms with Crippen LogP contribution < -0.4 is 0 Å². The van der Waals surface area contributed by atoms with Gasteiger partial charge in [0.1, 0.15) is 0 Å². The zero-order chi connectivity index (χ0) is 9.45. The van der Waals surface area contributed by atoms with Crippen molar-refractivity contribution in [3.8, 4) is 0 Å². The Morgan fingerprint density at radius 3 is 1.75 bits per heavy atom. The first kappa shape index (κ1) is 11.7. The largest absolute Gasteiger partial charge is 0.298 e. The fourth-order valence-electron chi connectivity index (χ4n) is 1.45. The van der Waals surface area contributed by atoms with Gasteiger partial charge in [0.2, 0.25) is 0 Å². The fourth-order valence-corrected chi connectivity index (χ4v) is 1.45. The lowest BCUT2D eigenvalue weighted by atomic mass is 10.3. The molecule has 0 aromatic carbocycles. The summed E-state index contributed by atoms with van der Waals surface area (Å²) in [5.41, 5.74) is 0. The van der Waals surface area contributed by atoms with Gasteiger partial charge in [0.25, 0.3) is 0 Å². The molecule has 1 nitrogen and oxygen atoms in total. The number of hydrogen-bond acceptors (Lipinski definition) is 0. The summed E-state index contributed by atoms with van der Waals surface area (Å²) in [6, 6.07) is 0. The third-order valence-electron chi connectivity index (χ3n) is 2.77. The van der Waals surface area contributed by atoms with Crippen LogP contribution in [0.4, 0.5) is 0 Å². The van der Waals surface area contributed by atoms with E-state index >= 15 is 0 Å². The predicted molar refractivity (Wildman–Crippen MR) is 55.9 cm³/mol.